The monoisotopic (exact) mass is 393 g/mol. The van der Waals surface area contributed by atoms with Crippen molar-refractivity contribution in [3.8, 4) is 11.4 Å². The Morgan fingerprint density at radius 1 is 1.21 bits per heavy atom. The topological polar surface area (TPSA) is 88.8 Å². The normalized spacial score (nSPS) is 15.9. The van der Waals surface area contributed by atoms with Gasteiger partial charge >= 0.3 is 0 Å². The SMILES string of the molecule is CC(C)CN1CCC(C(=O)Nc2cc3cc(-c4nnnn4C)ccc3cn2)CC1. The van der Waals surface area contributed by atoms with Gasteiger partial charge in [-0.2, -0.15) is 0 Å². The second-order valence-corrected chi connectivity index (χ2v) is 8.22. The molecule has 0 spiro atoms. The molecule has 0 saturated carbocycles. The summed E-state index contributed by atoms with van der Waals surface area (Å²) in [6, 6.07) is 7.89. The van der Waals surface area contributed by atoms with Crippen molar-refractivity contribution in [1.82, 2.24) is 30.1 Å². The minimum absolute atomic E-state index is 0.0481. The van der Waals surface area contributed by atoms with Gasteiger partial charge in [-0.1, -0.05) is 26.0 Å². The van der Waals surface area contributed by atoms with Crippen LogP contribution < -0.4 is 5.32 Å². The maximum absolute atomic E-state index is 12.7. The molecule has 0 bridgehead atoms. The number of carbonyl (C=O) groups excluding carboxylic acids is 1. The zero-order valence-corrected chi connectivity index (χ0v) is 17.2. The molecule has 3 heterocycles. The fourth-order valence-corrected chi connectivity index (χ4v) is 3.94. The van der Waals surface area contributed by atoms with Crippen molar-refractivity contribution in [3.05, 3.63) is 30.5 Å². The molecule has 0 radical (unpaired) electrons. The van der Waals surface area contributed by atoms with Crippen molar-refractivity contribution < 1.29 is 4.79 Å². The Labute approximate surface area is 170 Å². The summed E-state index contributed by atoms with van der Waals surface area (Å²) in [7, 11) is 1.81. The number of hydrogen-bond acceptors (Lipinski definition) is 6. The molecule has 1 aliphatic heterocycles. The van der Waals surface area contributed by atoms with Crippen LogP contribution in [-0.2, 0) is 11.8 Å². The summed E-state index contributed by atoms with van der Waals surface area (Å²) in [5.74, 6) is 2.05. The molecule has 1 amide bonds. The summed E-state index contributed by atoms with van der Waals surface area (Å²) in [4.78, 5) is 19.6. The first-order valence-electron chi connectivity index (χ1n) is 10.2. The van der Waals surface area contributed by atoms with E-state index in [1.807, 2.05) is 31.3 Å². The number of fused-ring (bicyclic) bond motifs is 1. The summed E-state index contributed by atoms with van der Waals surface area (Å²) in [6.07, 6.45) is 3.58. The molecular weight excluding hydrogens is 366 g/mol. The largest absolute Gasteiger partial charge is 0.310 e. The van der Waals surface area contributed by atoms with E-state index in [9.17, 15) is 4.79 Å². The Morgan fingerprint density at radius 2 is 2.00 bits per heavy atom. The lowest BCUT2D eigenvalue weighted by molar-refractivity contribution is -0.121. The zero-order valence-electron chi connectivity index (χ0n) is 17.2. The van der Waals surface area contributed by atoms with E-state index in [1.54, 1.807) is 10.9 Å². The molecule has 1 aromatic carbocycles. The predicted molar refractivity (Wildman–Crippen MR) is 112 cm³/mol. The maximum Gasteiger partial charge on any atom is 0.228 e. The van der Waals surface area contributed by atoms with Crippen LogP contribution >= 0.6 is 0 Å². The Kier molecular flexibility index (Phi) is 5.53. The number of aromatic nitrogens is 5. The highest BCUT2D eigenvalue weighted by Crippen LogP contribution is 2.25. The molecule has 4 rings (SSSR count). The highest BCUT2D eigenvalue weighted by atomic mass is 16.1. The summed E-state index contributed by atoms with van der Waals surface area (Å²) < 4.78 is 1.64. The van der Waals surface area contributed by atoms with Crippen molar-refractivity contribution >= 4 is 22.5 Å². The van der Waals surface area contributed by atoms with Crippen molar-refractivity contribution in [2.75, 3.05) is 25.0 Å². The maximum atomic E-state index is 12.7. The number of nitrogens with one attached hydrogen (secondary N) is 1. The first-order valence-corrected chi connectivity index (χ1v) is 10.2. The minimum Gasteiger partial charge on any atom is -0.310 e. The van der Waals surface area contributed by atoms with Gasteiger partial charge in [0.25, 0.3) is 0 Å². The summed E-state index contributed by atoms with van der Waals surface area (Å²) >= 11 is 0. The van der Waals surface area contributed by atoms with Gasteiger partial charge in [-0.25, -0.2) is 9.67 Å². The molecule has 1 aliphatic rings. The van der Waals surface area contributed by atoms with Crippen molar-refractivity contribution in [2.24, 2.45) is 18.9 Å². The Hall–Kier alpha value is -2.87. The molecule has 8 heteroatoms. The van der Waals surface area contributed by atoms with Gasteiger partial charge < -0.3 is 10.2 Å². The molecular formula is C21H27N7O. The van der Waals surface area contributed by atoms with E-state index in [1.165, 1.54) is 0 Å². The molecule has 0 atom stereocenters. The third-order valence-electron chi connectivity index (χ3n) is 5.43. The second kappa shape index (κ2) is 8.24. The molecule has 29 heavy (non-hydrogen) atoms. The second-order valence-electron chi connectivity index (χ2n) is 8.22. The standard InChI is InChI=1S/C21H27N7O/c1-14(2)13-28-8-6-15(7-9-28)21(29)23-19-11-18-10-16(4-5-17(18)12-22-19)20-24-25-26-27(20)3/h4-5,10-12,14-15H,6-9,13H2,1-3H3,(H,22,23,29). The quantitative estimate of drug-likeness (QED) is 0.717. The molecule has 0 aliphatic carbocycles. The fourth-order valence-electron chi connectivity index (χ4n) is 3.94. The number of pyridine rings is 1. The highest BCUT2D eigenvalue weighted by Gasteiger charge is 2.25. The van der Waals surface area contributed by atoms with Crippen LogP contribution in [0, 0.1) is 11.8 Å². The van der Waals surface area contributed by atoms with Gasteiger partial charge in [0.1, 0.15) is 5.82 Å². The average molecular weight is 393 g/mol. The number of aryl methyl sites for hydroxylation is 1. The van der Waals surface area contributed by atoms with Crippen LogP contribution in [0.3, 0.4) is 0 Å². The lowest BCUT2D eigenvalue weighted by Gasteiger charge is -2.32. The van der Waals surface area contributed by atoms with Crippen molar-refractivity contribution in [3.63, 3.8) is 0 Å². The number of anilines is 1. The van der Waals surface area contributed by atoms with E-state index in [-0.39, 0.29) is 11.8 Å². The number of tetrazole rings is 1. The van der Waals surface area contributed by atoms with Gasteiger partial charge in [-0.3, -0.25) is 4.79 Å². The van der Waals surface area contributed by atoms with Gasteiger partial charge in [-0.05, 0) is 59.8 Å². The lowest BCUT2D eigenvalue weighted by Crippen LogP contribution is -2.39. The Balaban J connectivity index is 1.45. The smallest absolute Gasteiger partial charge is 0.228 e. The third-order valence-corrected chi connectivity index (χ3v) is 5.43. The minimum atomic E-state index is 0.0481. The average Bonchev–Trinajstić information content (AvgIpc) is 3.13. The van der Waals surface area contributed by atoms with Crippen molar-refractivity contribution in [2.45, 2.75) is 26.7 Å². The van der Waals surface area contributed by atoms with Crippen LogP contribution in [0.5, 0.6) is 0 Å². The van der Waals surface area contributed by atoms with Crippen LogP contribution in [-0.4, -0.2) is 55.6 Å². The first-order chi connectivity index (χ1) is 14.0. The molecule has 152 valence electrons. The summed E-state index contributed by atoms with van der Waals surface area (Å²) in [5.41, 5.74) is 0.922. The first kappa shape index (κ1) is 19.4. The number of piperidine rings is 1. The predicted octanol–water partition coefficient (Wildman–Crippen LogP) is 2.73. The molecule has 0 unspecified atom stereocenters. The summed E-state index contributed by atoms with van der Waals surface area (Å²) in [5, 5.41) is 16.6. The number of likely N-dealkylation sites (tertiary alicyclic amines) is 1. The molecule has 1 saturated heterocycles. The van der Waals surface area contributed by atoms with Gasteiger partial charge in [-0.15, -0.1) is 5.10 Å². The van der Waals surface area contributed by atoms with Crippen LogP contribution in [0.25, 0.3) is 22.2 Å². The molecule has 2 aromatic heterocycles. The Bertz CT molecular complexity index is 1010. The van der Waals surface area contributed by atoms with Crippen LogP contribution in [0.2, 0.25) is 0 Å². The number of rotatable bonds is 5. The van der Waals surface area contributed by atoms with Gasteiger partial charge in [0.15, 0.2) is 5.82 Å². The lowest BCUT2D eigenvalue weighted by atomic mass is 9.95. The van der Waals surface area contributed by atoms with Crippen molar-refractivity contribution in [1.29, 1.82) is 0 Å². The zero-order chi connectivity index (χ0) is 20.4. The van der Waals surface area contributed by atoms with E-state index < -0.39 is 0 Å². The number of amides is 1. The Morgan fingerprint density at radius 3 is 2.69 bits per heavy atom. The molecule has 1 N–H and O–H groups in total. The van der Waals surface area contributed by atoms with E-state index in [0.29, 0.717) is 17.6 Å². The molecule has 8 nitrogen and oxygen atoms in total. The number of benzene rings is 1. The molecule has 1 fully saturated rings. The van der Waals surface area contributed by atoms with Crippen LogP contribution in [0.15, 0.2) is 30.5 Å². The number of carbonyl (C=O) groups is 1. The van der Waals surface area contributed by atoms with E-state index >= 15 is 0 Å². The number of hydrogen-bond donors (Lipinski definition) is 1. The number of nitrogens with zero attached hydrogens (tertiary/aromatic N) is 6. The fraction of sp³-hybridized carbons (Fsp3) is 0.476. The van der Waals surface area contributed by atoms with Gasteiger partial charge in [0.2, 0.25) is 5.91 Å². The third kappa shape index (κ3) is 4.42. The van der Waals surface area contributed by atoms with Gasteiger partial charge in [0.05, 0.1) is 0 Å². The van der Waals surface area contributed by atoms with Crippen LogP contribution in [0.1, 0.15) is 26.7 Å². The van der Waals surface area contributed by atoms with E-state index in [0.717, 1.165) is 48.8 Å². The van der Waals surface area contributed by atoms with Gasteiger partial charge in [0, 0.05) is 36.7 Å². The molecule has 3 aromatic rings. The summed E-state index contributed by atoms with van der Waals surface area (Å²) in [6.45, 7) is 7.53. The highest BCUT2D eigenvalue weighted by molar-refractivity contribution is 5.94. The van der Waals surface area contributed by atoms with Crippen LogP contribution in [0.4, 0.5) is 5.82 Å². The van der Waals surface area contributed by atoms with E-state index in [2.05, 4.69) is 44.6 Å². The van der Waals surface area contributed by atoms with E-state index in [4.69, 9.17) is 0 Å².